The third-order valence-electron chi connectivity index (χ3n) is 3.50. The molecule has 100 valence electrons. The number of nitrogens with one attached hydrogen (secondary N) is 1. The lowest BCUT2D eigenvalue weighted by atomic mass is 10.2. The van der Waals surface area contributed by atoms with Crippen LogP contribution in [0.4, 0.5) is 5.69 Å². The molecule has 0 bridgehead atoms. The van der Waals surface area contributed by atoms with E-state index in [2.05, 4.69) is 17.3 Å². The molecule has 5 nitrogen and oxygen atoms in total. The molecule has 1 aliphatic heterocycles. The summed E-state index contributed by atoms with van der Waals surface area (Å²) in [5.74, 6) is 1.60. The van der Waals surface area contributed by atoms with Crippen LogP contribution in [-0.4, -0.2) is 16.6 Å². The van der Waals surface area contributed by atoms with Crippen LogP contribution in [0.15, 0.2) is 18.2 Å². The standard InChI is InChI=1S/C14H17N3O2/c1-9-12(10(2)17(3)16-9)7-15-11-4-5-13-14(6-11)19-8-18-13/h4-6,15H,7-8H2,1-3H3. The van der Waals surface area contributed by atoms with Crippen molar-refractivity contribution in [2.75, 3.05) is 12.1 Å². The van der Waals surface area contributed by atoms with E-state index in [0.717, 1.165) is 29.4 Å². The number of nitrogens with zero attached hydrogens (tertiary/aromatic N) is 2. The summed E-state index contributed by atoms with van der Waals surface area (Å²) in [4.78, 5) is 0. The molecule has 1 aromatic heterocycles. The summed E-state index contributed by atoms with van der Waals surface area (Å²) in [7, 11) is 1.96. The molecule has 0 fully saturated rings. The minimum absolute atomic E-state index is 0.305. The third-order valence-corrected chi connectivity index (χ3v) is 3.50. The molecule has 0 saturated carbocycles. The summed E-state index contributed by atoms with van der Waals surface area (Å²) in [5, 5.41) is 7.81. The predicted octanol–water partition coefficient (Wildman–Crippen LogP) is 2.38. The maximum absolute atomic E-state index is 5.36. The van der Waals surface area contributed by atoms with Crippen LogP contribution >= 0.6 is 0 Å². The minimum Gasteiger partial charge on any atom is -0.454 e. The fourth-order valence-corrected chi connectivity index (χ4v) is 2.27. The lowest BCUT2D eigenvalue weighted by Gasteiger charge is -2.07. The Kier molecular flexibility index (Phi) is 2.81. The van der Waals surface area contributed by atoms with E-state index in [0.29, 0.717) is 6.79 Å². The highest BCUT2D eigenvalue weighted by atomic mass is 16.7. The largest absolute Gasteiger partial charge is 0.454 e. The fraction of sp³-hybridized carbons (Fsp3) is 0.357. The second kappa shape index (κ2) is 4.50. The number of anilines is 1. The van der Waals surface area contributed by atoms with Crippen LogP contribution in [0.25, 0.3) is 0 Å². The van der Waals surface area contributed by atoms with E-state index in [9.17, 15) is 0 Å². The maximum Gasteiger partial charge on any atom is 0.231 e. The smallest absolute Gasteiger partial charge is 0.231 e. The van der Waals surface area contributed by atoms with Crippen molar-refractivity contribution in [3.05, 3.63) is 35.2 Å². The quantitative estimate of drug-likeness (QED) is 0.919. The van der Waals surface area contributed by atoms with Crippen molar-refractivity contribution in [2.45, 2.75) is 20.4 Å². The van der Waals surface area contributed by atoms with Gasteiger partial charge >= 0.3 is 0 Å². The Morgan fingerprint density at radius 3 is 2.79 bits per heavy atom. The molecule has 2 aromatic rings. The van der Waals surface area contributed by atoms with Gasteiger partial charge in [-0.1, -0.05) is 0 Å². The first kappa shape index (κ1) is 11.9. The molecule has 0 amide bonds. The first-order chi connectivity index (χ1) is 9.15. The average Bonchev–Trinajstić information content (AvgIpc) is 2.94. The Bertz CT molecular complexity index is 619. The van der Waals surface area contributed by atoms with Crippen molar-refractivity contribution in [2.24, 2.45) is 7.05 Å². The molecule has 0 spiro atoms. The van der Waals surface area contributed by atoms with Gasteiger partial charge in [0.2, 0.25) is 6.79 Å². The zero-order chi connectivity index (χ0) is 13.4. The first-order valence-corrected chi connectivity index (χ1v) is 6.28. The van der Waals surface area contributed by atoms with E-state index >= 15 is 0 Å². The second-order valence-corrected chi connectivity index (χ2v) is 4.69. The molecule has 5 heteroatoms. The zero-order valence-corrected chi connectivity index (χ0v) is 11.4. The number of rotatable bonds is 3. The van der Waals surface area contributed by atoms with E-state index < -0.39 is 0 Å². The van der Waals surface area contributed by atoms with Crippen LogP contribution in [0.3, 0.4) is 0 Å². The van der Waals surface area contributed by atoms with Gasteiger partial charge in [0.25, 0.3) is 0 Å². The molecule has 2 heterocycles. The summed E-state index contributed by atoms with van der Waals surface area (Å²) < 4.78 is 12.6. The van der Waals surface area contributed by atoms with E-state index in [4.69, 9.17) is 9.47 Å². The van der Waals surface area contributed by atoms with Gasteiger partial charge in [-0.25, -0.2) is 0 Å². The molecular formula is C14H17N3O2. The summed E-state index contributed by atoms with van der Waals surface area (Å²) in [6, 6.07) is 5.88. The maximum atomic E-state index is 5.36. The van der Waals surface area contributed by atoms with Crippen molar-refractivity contribution in [1.29, 1.82) is 0 Å². The Morgan fingerprint density at radius 1 is 1.26 bits per heavy atom. The van der Waals surface area contributed by atoms with Crippen LogP contribution in [0.5, 0.6) is 11.5 Å². The third kappa shape index (κ3) is 2.12. The van der Waals surface area contributed by atoms with E-state index in [-0.39, 0.29) is 0 Å². The highest BCUT2D eigenvalue weighted by molar-refractivity contribution is 5.55. The first-order valence-electron chi connectivity index (χ1n) is 6.28. The van der Waals surface area contributed by atoms with Gasteiger partial charge in [-0.3, -0.25) is 4.68 Å². The number of benzene rings is 1. The Labute approximate surface area is 112 Å². The number of ether oxygens (including phenoxy) is 2. The topological polar surface area (TPSA) is 48.3 Å². The zero-order valence-electron chi connectivity index (χ0n) is 11.4. The molecule has 0 radical (unpaired) electrons. The normalized spacial score (nSPS) is 12.8. The fourth-order valence-electron chi connectivity index (χ4n) is 2.27. The Morgan fingerprint density at radius 2 is 2.05 bits per heavy atom. The molecule has 3 rings (SSSR count). The summed E-state index contributed by atoms with van der Waals surface area (Å²) in [6.07, 6.45) is 0. The van der Waals surface area contributed by atoms with Crippen LogP contribution in [0, 0.1) is 13.8 Å². The van der Waals surface area contributed by atoms with Crippen LogP contribution < -0.4 is 14.8 Å². The van der Waals surface area contributed by atoms with E-state index in [1.54, 1.807) is 0 Å². The van der Waals surface area contributed by atoms with Crippen LogP contribution in [0.2, 0.25) is 0 Å². The molecule has 1 aromatic carbocycles. The van der Waals surface area contributed by atoms with Crippen LogP contribution in [-0.2, 0) is 13.6 Å². The number of fused-ring (bicyclic) bond motifs is 1. The predicted molar refractivity (Wildman–Crippen MR) is 72.6 cm³/mol. The van der Waals surface area contributed by atoms with Gasteiger partial charge < -0.3 is 14.8 Å². The lowest BCUT2D eigenvalue weighted by Crippen LogP contribution is -2.02. The number of hydrogen-bond acceptors (Lipinski definition) is 4. The van der Waals surface area contributed by atoms with Gasteiger partial charge in [-0.15, -0.1) is 0 Å². The van der Waals surface area contributed by atoms with Gasteiger partial charge in [0.1, 0.15) is 0 Å². The lowest BCUT2D eigenvalue weighted by molar-refractivity contribution is 0.174. The monoisotopic (exact) mass is 259 g/mol. The van der Waals surface area contributed by atoms with Gasteiger partial charge in [0.15, 0.2) is 11.5 Å². The molecule has 0 unspecified atom stereocenters. The van der Waals surface area contributed by atoms with E-state index in [1.165, 1.54) is 11.3 Å². The number of aromatic nitrogens is 2. The SMILES string of the molecule is Cc1nn(C)c(C)c1CNc1ccc2c(c1)OCO2. The molecule has 0 atom stereocenters. The minimum atomic E-state index is 0.305. The molecule has 0 saturated heterocycles. The van der Waals surface area contributed by atoms with Gasteiger partial charge in [0.05, 0.1) is 5.69 Å². The van der Waals surface area contributed by atoms with Gasteiger partial charge in [-0.05, 0) is 26.0 Å². The highest BCUT2D eigenvalue weighted by Crippen LogP contribution is 2.34. The Hall–Kier alpha value is -2.17. The van der Waals surface area contributed by atoms with Gasteiger partial charge in [0, 0.05) is 36.6 Å². The summed E-state index contributed by atoms with van der Waals surface area (Å²) >= 11 is 0. The highest BCUT2D eigenvalue weighted by Gasteiger charge is 2.14. The molecule has 19 heavy (non-hydrogen) atoms. The molecular weight excluding hydrogens is 242 g/mol. The van der Waals surface area contributed by atoms with Crippen molar-refractivity contribution in [3.63, 3.8) is 0 Å². The second-order valence-electron chi connectivity index (χ2n) is 4.69. The molecule has 1 aliphatic rings. The van der Waals surface area contributed by atoms with Crippen molar-refractivity contribution in [3.8, 4) is 11.5 Å². The number of hydrogen-bond donors (Lipinski definition) is 1. The molecule has 0 aliphatic carbocycles. The summed E-state index contributed by atoms with van der Waals surface area (Å²) in [6.45, 7) is 5.17. The van der Waals surface area contributed by atoms with Crippen LogP contribution in [0.1, 0.15) is 17.0 Å². The summed E-state index contributed by atoms with van der Waals surface area (Å²) in [5.41, 5.74) is 4.51. The number of aryl methyl sites for hydroxylation is 2. The van der Waals surface area contributed by atoms with Crippen molar-refractivity contribution in [1.82, 2.24) is 9.78 Å². The van der Waals surface area contributed by atoms with Crippen molar-refractivity contribution >= 4 is 5.69 Å². The van der Waals surface area contributed by atoms with Crippen molar-refractivity contribution < 1.29 is 9.47 Å². The van der Waals surface area contributed by atoms with Gasteiger partial charge in [-0.2, -0.15) is 5.10 Å². The average molecular weight is 259 g/mol. The molecule has 1 N–H and O–H groups in total. The van der Waals surface area contributed by atoms with E-state index in [1.807, 2.05) is 36.9 Å². The Balaban J connectivity index is 1.76.